The second-order valence-electron chi connectivity index (χ2n) is 8.86. The molecular formula is C25H36N4O2+2. The SMILES string of the molecule is Cc1cccc(NC(=O)C[NH+](C)CC(=O)NC2CC[NH+](Cc3ccccc3)CC2)c1C. The Labute approximate surface area is 185 Å². The van der Waals surface area contributed by atoms with Crippen molar-refractivity contribution in [3.05, 3.63) is 65.2 Å². The number of piperidine rings is 1. The van der Waals surface area contributed by atoms with Crippen molar-refractivity contribution >= 4 is 17.5 Å². The Morgan fingerprint density at radius 2 is 1.65 bits per heavy atom. The van der Waals surface area contributed by atoms with E-state index in [-0.39, 0.29) is 24.4 Å². The van der Waals surface area contributed by atoms with Crippen LogP contribution in [-0.4, -0.2) is 51.1 Å². The van der Waals surface area contributed by atoms with Crippen molar-refractivity contribution in [1.29, 1.82) is 0 Å². The molecule has 1 unspecified atom stereocenters. The summed E-state index contributed by atoms with van der Waals surface area (Å²) in [5.41, 5.74) is 4.43. The average Bonchev–Trinajstić information content (AvgIpc) is 2.73. The molecule has 0 aromatic heterocycles. The van der Waals surface area contributed by atoms with Gasteiger partial charge >= 0.3 is 0 Å². The normalized spacial score (nSPS) is 19.5. The summed E-state index contributed by atoms with van der Waals surface area (Å²) in [7, 11) is 1.88. The fourth-order valence-corrected chi connectivity index (χ4v) is 4.20. The van der Waals surface area contributed by atoms with Gasteiger partial charge in [0.15, 0.2) is 13.1 Å². The molecule has 1 aliphatic rings. The number of carbonyl (C=O) groups is 2. The van der Waals surface area contributed by atoms with E-state index in [1.807, 2.05) is 45.2 Å². The van der Waals surface area contributed by atoms with E-state index in [1.54, 1.807) is 4.90 Å². The molecule has 3 rings (SSSR count). The van der Waals surface area contributed by atoms with Gasteiger partial charge in [0.05, 0.1) is 20.1 Å². The molecule has 4 N–H and O–H groups in total. The highest BCUT2D eigenvalue weighted by Gasteiger charge is 2.24. The highest BCUT2D eigenvalue weighted by molar-refractivity contribution is 5.92. The first kappa shape index (κ1) is 23.0. The topological polar surface area (TPSA) is 67.1 Å². The third-order valence-corrected chi connectivity index (χ3v) is 6.16. The van der Waals surface area contributed by atoms with E-state index in [0.717, 1.165) is 54.2 Å². The fourth-order valence-electron chi connectivity index (χ4n) is 4.20. The number of anilines is 1. The molecule has 6 heteroatoms. The average molecular weight is 425 g/mol. The Morgan fingerprint density at radius 1 is 0.968 bits per heavy atom. The van der Waals surface area contributed by atoms with Crippen molar-refractivity contribution in [3.8, 4) is 0 Å². The lowest BCUT2D eigenvalue weighted by Crippen LogP contribution is -3.12. The van der Waals surface area contributed by atoms with E-state index in [1.165, 1.54) is 5.56 Å². The summed E-state index contributed by atoms with van der Waals surface area (Å²) in [6.07, 6.45) is 2.00. The molecule has 166 valence electrons. The standard InChI is InChI=1S/C25H34N4O2/c1-19-8-7-11-23(20(19)2)27-25(31)18-28(3)17-24(30)26-22-12-14-29(15-13-22)16-21-9-5-4-6-10-21/h4-11,22H,12-18H2,1-3H3,(H,26,30)(H,27,31)/p+2. The molecule has 0 spiro atoms. The van der Waals surface area contributed by atoms with Gasteiger partial charge in [0, 0.05) is 30.1 Å². The van der Waals surface area contributed by atoms with Crippen LogP contribution in [0.25, 0.3) is 0 Å². The van der Waals surface area contributed by atoms with E-state index in [2.05, 4.69) is 34.9 Å². The smallest absolute Gasteiger partial charge is 0.279 e. The molecule has 0 bridgehead atoms. The van der Waals surface area contributed by atoms with Gasteiger partial charge in [0.25, 0.3) is 11.8 Å². The van der Waals surface area contributed by atoms with E-state index < -0.39 is 0 Å². The summed E-state index contributed by atoms with van der Waals surface area (Å²) in [6, 6.07) is 16.7. The van der Waals surface area contributed by atoms with Gasteiger partial charge in [-0.3, -0.25) is 9.59 Å². The lowest BCUT2D eigenvalue weighted by Gasteiger charge is -2.30. The van der Waals surface area contributed by atoms with E-state index in [4.69, 9.17) is 0 Å². The highest BCUT2D eigenvalue weighted by atomic mass is 16.2. The number of quaternary nitrogens is 2. The van der Waals surface area contributed by atoms with Crippen LogP contribution in [0, 0.1) is 13.8 Å². The molecule has 31 heavy (non-hydrogen) atoms. The molecule has 2 amide bonds. The van der Waals surface area contributed by atoms with Crippen LogP contribution in [0.5, 0.6) is 0 Å². The summed E-state index contributed by atoms with van der Waals surface area (Å²) < 4.78 is 0. The first-order chi connectivity index (χ1) is 14.9. The predicted octanol–water partition coefficient (Wildman–Crippen LogP) is 0.120. The van der Waals surface area contributed by atoms with Crippen LogP contribution in [0.3, 0.4) is 0 Å². The Hall–Kier alpha value is -2.70. The van der Waals surface area contributed by atoms with Crippen molar-refractivity contribution in [2.45, 2.75) is 39.3 Å². The molecule has 6 nitrogen and oxygen atoms in total. The Bertz CT molecular complexity index is 876. The second-order valence-corrected chi connectivity index (χ2v) is 8.86. The van der Waals surface area contributed by atoms with Crippen LogP contribution in [0.15, 0.2) is 48.5 Å². The van der Waals surface area contributed by atoms with Crippen LogP contribution in [-0.2, 0) is 16.1 Å². The number of nitrogens with one attached hydrogen (secondary N) is 4. The zero-order valence-corrected chi connectivity index (χ0v) is 19.0. The molecule has 0 radical (unpaired) electrons. The number of likely N-dealkylation sites (tertiary alicyclic amines) is 1. The molecule has 2 aromatic rings. The minimum Gasteiger partial charge on any atom is -0.348 e. The van der Waals surface area contributed by atoms with Crippen LogP contribution in [0.4, 0.5) is 5.69 Å². The molecule has 1 aliphatic heterocycles. The molecule has 0 aliphatic carbocycles. The van der Waals surface area contributed by atoms with Gasteiger partial charge in [-0.25, -0.2) is 0 Å². The van der Waals surface area contributed by atoms with Gasteiger partial charge in [-0.15, -0.1) is 0 Å². The van der Waals surface area contributed by atoms with Gasteiger partial charge < -0.3 is 20.4 Å². The van der Waals surface area contributed by atoms with Gasteiger partial charge in [-0.1, -0.05) is 42.5 Å². The van der Waals surface area contributed by atoms with E-state index in [9.17, 15) is 9.59 Å². The maximum Gasteiger partial charge on any atom is 0.279 e. The Balaban J connectivity index is 1.36. The number of likely N-dealkylation sites (N-methyl/N-ethyl adjacent to an activating group) is 1. The van der Waals surface area contributed by atoms with Crippen molar-refractivity contribution in [1.82, 2.24) is 5.32 Å². The number of hydrogen-bond donors (Lipinski definition) is 4. The van der Waals surface area contributed by atoms with Crippen LogP contribution in [0.2, 0.25) is 0 Å². The lowest BCUT2D eigenvalue weighted by atomic mass is 10.0. The van der Waals surface area contributed by atoms with Crippen molar-refractivity contribution in [3.63, 3.8) is 0 Å². The second kappa shape index (κ2) is 11.1. The molecule has 1 atom stereocenters. The lowest BCUT2D eigenvalue weighted by molar-refractivity contribution is -0.918. The third-order valence-electron chi connectivity index (χ3n) is 6.16. The van der Waals surface area contributed by atoms with Crippen LogP contribution < -0.4 is 20.4 Å². The minimum atomic E-state index is -0.0724. The van der Waals surface area contributed by atoms with Crippen LogP contribution >= 0.6 is 0 Å². The van der Waals surface area contributed by atoms with Gasteiger partial charge in [0.2, 0.25) is 0 Å². The van der Waals surface area contributed by atoms with Gasteiger partial charge in [-0.05, 0) is 31.0 Å². The van der Waals surface area contributed by atoms with Crippen molar-refractivity contribution in [2.24, 2.45) is 0 Å². The summed E-state index contributed by atoms with van der Waals surface area (Å²) in [6.45, 7) is 7.78. The molecule has 1 fully saturated rings. The minimum absolute atomic E-state index is 0.0218. The predicted molar refractivity (Wildman–Crippen MR) is 123 cm³/mol. The number of amides is 2. The van der Waals surface area contributed by atoms with Crippen LogP contribution in [0.1, 0.15) is 29.5 Å². The molecule has 0 saturated carbocycles. The largest absolute Gasteiger partial charge is 0.348 e. The molecule has 2 aromatic carbocycles. The number of carbonyl (C=O) groups excluding carboxylic acids is 2. The maximum atomic E-state index is 12.5. The third kappa shape index (κ3) is 7.19. The fraction of sp³-hybridized carbons (Fsp3) is 0.440. The Morgan fingerprint density at radius 3 is 2.35 bits per heavy atom. The van der Waals surface area contributed by atoms with Gasteiger partial charge in [-0.2, -0.15) is 0 Å². The van der Waals surface area contributed by atoms with E-state index in [0.29, 0.717) is 6.54 Å². The number of rotatable bonds is 8. The molecule has 1 heterocycles. The maximum absolute atomic E-state index is 12.5. The zero-order chi connectivity index (χ0) is 22.2. The number of aryl methyl sites for hydroxylation is 1. The number of benzene rings is 2. The van der Waals surface area contributed by atoms with Crippen molar-refractivity contribution < 1.29 is 19.4 Å². The molecule has 1 saturated heterocycles. The van der Waals surface area contributed by atoms with Crippen molar-refractivity contribution in [2.75, 3.05) is 38.5 Å². The summed E-state index contributed by atoms with van der Waals surface area (Å²) in [5, 5.41) is 6.14. The Kier molecular flexibility index (Phi) is 8.20. The first-order valence-electron chi connectivity index (χ1n) is 11.2. The van der Waals surface area contributed by atoms with E-state index >= 15 is 0 Å². The quantitative estimate of drug-likeness (QED) is 0.486. The first-order valence-corrected chi connectivity index (χ1v) is 11.2. The number of hydrogen-bond acceptors (Lipinski definition) is 2. The summed E-state index contributed by atoms with van der Waals surface area (Å²) in [5.74, 6) is -0.0506. The highest BCUT2D eigenvalue weighted by Crippen LogP contribution is 2.17. The zero-order valence-electron chi connectivity index (χ0n) is 19.0. The molecular weight excluding hydrogens is 388 g/mol. The van der Waals surface area contributed by atoms with Gasteiger partial charge in [0.1, 0.15) is 6.54 Å². The summed E-state index contributed by atoms with van der Waals surface area (Å²) >= 11 is 0. The summed E-state index contributed by atoms with van der Waals surface area (Å²) in [4.78, 5) is 27.3. The monoisotopic (exact) mass is 424 g/mol.